The normalized spacial score (nSPS) is 11.6. The van der Waals surface area contributed by atoms with Crippen molar-refractivity contribution in [1.82, 2.24) is 0 Å². The quantitative estimate of drug-likeness (QED) is 0.851. The van der Waals surface area contributed by atoms with E-state index in [4.69, 9.17) is 4.74 Å². The van der Waals surface area contributed by atoms with Gasteiger partial charge in [-0.15, -0.1) is 0 Å². The standard InChI is InChI=1S/C12H17BrFNO/c1-12(2,3)16-7-6-15-11-5-4-9(13)8-10(11)14/h4-5,8,15H,6-7H2,1-3H3. The average Bonchev–Trinajstić information content (AvgIpc) is 2.13. The van der Waals surface area contributed by atoms with Crippen molar-refractivity contribution in [3.63, 3.8) is 0 Å². The third-order valence-corrected chi connectivity index (χ3v) is 2.38. The van der Waals surface area contributed by atoms with E-state index in [0.29, 0.717) is 18.8 Å². The van der Waals surface area contributed by atoms with Crippen molar-refractivity contribution in [3.8, 4) is 0 Å². The average molecular weight is 290 g/mol. The molecule has 0 fully saturated rings. The maximum atomic E-state index is 13.4. The monoisotopic (exact) mass is 289 g/mol. The number of ether oxygens (including phenoxy) is 1. The minimum Gasteiger partial charge on any atom is -0.380 e. The molecule has 90 valence electrons. The molecule has 1 aromatic rings. The number of benzene rings is 1. The fourth-order valence-electron chi connectivity index (χ4n) is 1.18. The third kappa shape index (κ3) is 4.94. The van der Waals surface area contributed by atoms with Crippen molar-refractivity contribution in [2.24, 2.45) is 0 Å². The highest BCUT2D eigenvalue weighted by Gasteiger charge is 2.09. The zero-order valence-electron chi connectivity index (χ0n) is 9.81. The molecule has 1 rings (SSSR count). The first-order valence-electron chi connectivity index (χ1n) is 5.21. The van der Waals surface area contributed by atoms with Gasteiger partial charge in [0.2, 0.25) is 0 Å². The van der Waals surface area contributed by atoms with Crippen LogP contribution in [0.1, 0.15) is 20.8 Å². The number of nitrogens with one attached hydrogen (secondary N) is 1. The fourth-order valence-corrected chi connectivity index (χ4v) is 1.51. The number of hydrogen-bond donors (Lipinski definition) is 1. The predicted octanol–water partition coefficient (Wildman–Crippen LogP) is 3.82. The number of halogens is 2. The molecule has 0 radical (unpaired) electrons. The lowest BCUT2D eigenvalue weighted by atomic mass is 10.2. The summed E-state index contributed by atoms with van der Waals surface area (Å²) in [6.45, 7) is 7.13. The Bertz CT molecular complexity index is 349. The molecule has 1 N–H and O–H groups in total. The molecular weight excluding hydrogens is 273 g/mol. The van der Waals surface area contributed by atoms with E-state index in [2.05, 4.69) is 21.2 Å². The number of anilines is 1. The maximum absolute atomic E-state index is 13.4. The summed E-state index contributed by atoms with van der Waals surface area (Å²) in [5, 5.41) is 2.99. The molecule has 0 unspecified atom stereocenters. The van der Waals surface area contributed by atoms with E-state index in [-0.39, 0.29) is 11.4 Å². The van der Waals surface area contributed by atoms with Crippen LogP contribution in [0.15, 0.2) is 22.7 Å². The SMILES string of the molecule is CC(C)(C)OCCNc1ccc(Br)cc1F. The Morgan fingerprint density at radius 2 is 2.06 bits per heavy atom. The topological polar surface area (TPSA) is 21.3 Å². The van der Waals surface area contributed by atoms with Crippen molar-refractivity contribution in [1.29, 1.82) is 0 Å². The molecule has 0 spiro atoms. The van der Waals surface area contributed by atoms with E-state index in [1.807, 2.05) is 20.8 Å². The minimum absolute atomic E-state index is 0.153. The van der Waals surface area contributed by atoms with Crippen molar-refractivity contribution in [2.45, 2.75) is 26.4 Å². The van der Waals surface area contributed by atoms with Gasteiger partial charge in [0.05, 0.1) is 17.9 Å². The largest absolute Gasteiger partial charge is 0.380 e. The summed E-state index contributed by atoms with van der Waals surface area (Å²) in [5.74, 6) is -0.259. The molecule has 0 atom stereocenters. The van der Waals surface area contributed by atoms with Gasteiger partial charge in [0.1, 0.15) is 5.82 Å². The first-order valence-corrected chi connectivity index (χ1v) is 6.01. The Morgan fingerprint density at radius 3 is 2.62 bits per heavy atom. The van der Waals surface area contributed by atoms with Crippen LogP contribution < -0.4 is 5.32 Å². The Morgan fingerprint density at radius 1 is 1.38 bits per heavy atom. The van der Waals surface area contributed by atoms with Crippen molar-refractivity contribution >= 4 is 21.6 Å². The summed E-state index contributed by atoms with van der Waals surface area (Å²) >= 11 is 3.21. The van der Waals surface area contributed by atoms with E-state index in [1.54, 1.807) is 12.1 Å². The second-order valence-corrected chi connectivity index (χ2v) is 5.43. The van der Waals surface area contributed by atoms with E-state index in [0.717, 1.165) is 4.47 Å². The summed E-state index contributed by atoms with van der Waals surface area (Å²) in [7, 11) is 0. The first kappa shape index (κ1) is 13.5. The highest BCUT2D eigenvalue weighted by atomic mass is 79.9. The first-order chi connectivity index (χ1) is 7.38. The molecule has 0 aromatic heterocycles. The van der Waals surface area contributed by atoms with Crippen LogP contribution in [0.3, 0.4) is 0 Å². The zero-order valence-corrected chi connectivity index (χ0v) is 11.4. The molecule has 0 saturated heterocycles. The smallest absolute Gasteiger partial charge is 0.147 e. The van der Waals surface area contributed by atoms with Gasteiger partial charge in [-0.05, 0) is 39.0 Å². The second kappa shape index (κ2) is 5.64. The lowest BCUT2D eigenvalue weighted by Gasteiger charge is -2.19. The van der Waals surface area contributed by atoms with Gasteiger partial charge in [0.15, 0.2) is 0 Å². The summed E-state index contributed by atoms with van der Waals surface area (Å²) < 4.78 is 19.6. The molecule has 2 nitrogen and oxygen atoms in total. The third-order valence-electron chi connectivity index (χ3n) is 1.88. The zero-order chi connectivity index (χ0) is 12.2. The van der Waals surface area contributed by atoms with Crippen molar-refractivity contribution in [3.05, 3.63) is 28.5 Å². The van der Waals surface area contributed by atoms with Gasteiger partial charge in [-0.3, -0.25) is 0 Å². The van der Waals surface area contributed by atoms with E-state index in [1.165, 1.54) is 6.07 Å². The van der Waals surface area contributed by atoms with E-state index >= 15 is 0 Å². The minimum atomic E-state index is -0.259. The fraction of sp³-hybridized carbons (Fsp3) is 0.500. The van der Waals surface area contributed by atoms with Gasteiger partial charge in [0, 0.05) is 11.0 Å². The van der Waals surface area contributed by atoms with Crippen LogP contribution in [0, 0.1) is 5.82 Å². The van der Waals surface area contributed by atoms with Crippen LogP contribution in [-0.2, 0) is 4.74 Å². The van der Waals surface area contributed by atoms with E-state index in [9.17, 15) is 4.39 Å². The number of rotatable bonds is 4. The van der Waals surface area contributed by atoms with Crippen LogP contribution >= 0.6 is 15.9 Å². The van der Waals surface area contributed by atoms with Crippen LogP contribution in [0.5, 0.6) is 0 Å². The molecule has 4 heteroatoms. The number of hydrogen-bond acceptors (Lipinski definition) is 2. The lowest BCUT2D eigenvalue weighted by Crippen LogP contribution is -2.23. The van der Waals surface area contributed by atoms with Crippen LogP contribution in [0.25, 0.3) is 0 Å². The van der Waals surface area contributed by atoms with Crippen LogP contribution in [0.4, 0.5) is 10.1 Å². The van der Waals surface area contributed by atoms with Crippen LogP contribution in [0.2, 0.25) is 0 Å². The summed E-state index contributed by atoms with van der Waals surface area (Å²) in [4.78, 5) is 0. The van der Waals surface area contributed by atoms with Gasteiger partial charge < -0.3 is 10.1 Å². The predicted molar refractivity (Wildman–Crippen MR) is 68.3 cm³/mol. The highest BCUT2D eigenvalue weighted by Crippen LogP contribution is 2.19. The molecular formula is C12H17BrFNO. The van der Waals surface area contributed by atoms with Gasteiger partial charge in [-0.1, -0.05) is 15.9 Å². The molecule has 0 saturated carbocycles. The molecule has 0 heterocycles. The second-order valence-electron chi connectivity index (χ2n) is 4.51. The van der Waals surface area contributed by atoms with Crippen LogP contribution in [-0.4, -0.2) is 18.8 Å². The van der Waals surface area contributed by atoms with E-state index < -0.39 is 0 Å². The molecule has 0 aliphatic heterocycles. The van der Waals surface area contributed by atoms with Crippen molar-refractivity contribution < 1.29 is 9.13 Å². The Labute approximate surface area is 104 Å². The Balaban J connectivity index is 2.38. The summed E-state index contributed by atoms with van der Waals surface area (Å²) in [6, 6.07) is 4.94. The summed E-state index contributed by atoms with van der Waals surface area (Å²) in [6.07, 6.45) is 0. The lowest BCUT2D eigenvalue weighted by molar-refractivity contribution is 0.00332. The molecule has 1 aromatic carbocycles. The summed E-state index contributed by atoms with van der Waals surface area (Å²) in [5.41, 5.74) is 0.348. The maximum Gasteiger partial charge on any atom is 0.147 e. The molecule has 0 bridgehead atoms. The van der Waals surface area contributed by atoms with Gasteiger partial charge >= 0.3 is 0 Å². The van der Waals surface area contributed by atoms with Gasteiger partial charge in [0.25, 0.3) is 0 Å². The molecule has 16 heavy (non-hydrogen) atoms. The highest BCUT2D eigenvalue weighted by molar-refractivity contribution is 9.10. The van der Waals surface area contributed by atoms with Gasteiger partial charge in [-0.25, -0.2) is 4.39 Å². The van der Waals surface area contributed by atoms with Crippen molar-refractivity contribution in [2.75, 3.05) is 18.5 Å². The van der Waals surface area contributed by atoms with Gasteiger partial charge in [-0.2, -0.15) is 0 Å². The Hall–Kier alpha value is -0.610. The Kier molecular flexibility index (Phi) is 4.74. The molecule has 0 aliphatic carbocycles. The molecule has 0 amide bonds. The molecule has 0 aliphatic rings.